The van der Waals surface area contributed by atoms with E-state index in [1.807, 2.05) is 18.2 Å². The normalized spacial score (nSPS) is 16.3. The maximum Gasteiger partial charge on any atom is 0.191 e. The van der Waals surface area contributed by atoms with E-state index in [2.05, 4.69) is 31.9 Å². The van der Waals surface area contributed by atoms with Crippen molar-refractivity contribution in [2.75, 3.05) is 13.1 Å². The Morgan fingerprint density at radius 3 is 2.56 bits per heavy atom. The van der Waals surface area contributed by atoms with Crippen molar-refractivity contribution in [3.05, 3.63) is 34.3 Å². The number of halogens is 2. The van der Waals surface area contributed by atoms with Crippen LogP contribution in [0.25, 0.3) is 0 Å². The van der Waals surface area contributed by atoms with Gasteiger partial charge in [-0.1, -0.05) is 34.1 Å². The minimum absolute atomic E-state index is 0. The molecule has 0 amide bonds. The molecule has 1 heterocycles. The summed E-state index contributed by atoms with van der Waals surface area (Å²) in [5.74, 6) is 0.681. The first-order valence-corrected chi connectivity index (χ1v) is 6.85. The largest absolute Gasteiger partial charge is 0.370 e. The van der Waals surface area contributed by atoms with E-state index < -0.39 is 0 Å². The fourth-order valence-electron chi connectivity index (χ4n) is 2.02. The summed E-state index contributed by atoms with van der Waals surface area (Å²) in [4.78, 5) is 6.65. The molecule has 1 saturated heterocycles. The summed E-state index contributed by atoms with van der Waals surface area (Å²) in [5.41, 5.74) is 7.18. The number of aliphatic imine (C=N–C) groups is 1. The van der Waals surface area contributed by atoms with Crippen molar-refractivity contribution >= 4 is 45.9 Å². The monoisotopic (exact) mass is 423 g/mol. The Kier molecular flexibility index (Phi) is 6.99. The van der Waals surface area contributed by atoms with Gasteiger partial charge in [0.2, 0.25) is 0 Å². The summed E-state index contributed by atoms with van der Waals surface area (Å²) in [6, 6.07) is 8.12. The average Bonchev–Trinajstić information content (AvgIpc) is 2.38. The molecule has 0 aromatic heterocycles. The number of benzene rings is 1. The Hall–Kier alpha value is -0.300. The fraction of sp³-hybridized carbons (Fsp3) is 0.462. The highest BCUT2D eigenvalue weighted by Crippen LogP contribution is 2.17. The van der Waals surface area contributed by atoms with Gasteiger partial charge in [-0.3, -0.25) is 0 Å². The molecule has 0 atom stereocenters. The van der Waals surface area contributed by atoms with Crippen molar-refractivity contribution in [2.24, 2.45) is 10.7 Å². The summed E-state index contributed by atoms with van der Waals surface area (Å²) >= 11 is 3.52. The molecule has 1 fully saturated rings. The molecule has 5 heteroatoms. The lowest BCUT2D eigenvalue weighted by atomic mass is 10.1. The van der Waals surface area contributed by atoms with Crippen LogP contribution in [0.4, 0.5) is 0 Å². The molecule has 1 aromatic rings. The van der Waals surface area contributed by atoms with Gasteiger partial charge in [0.1, 0.15) is 0 Å². The van der Waals surface area contributed by atoms with E-state index in [0.717, 1.165) is 17.6 Å². The summed E-state index contributed by atoms with van der Waals surface area (Å²) < 4.78 is 1.09. The van der Waals surface area contributed by atoms with Gasteiger partial charge in [-0.15, -0.1) is 24.0 Å². The maximum absolute atomic E-state index is 6.01. The Balaban J connectivity index is 0.00000162. The van der Waals surface area contributed by atoms with Gasteiger partial charge in [-0.05, 0) is 30.9 Å². The zero-order chi connectivity index (χ0) is 12.1. The van der Waals surface area contributed by atoms with Gasteiger partial charge in [0, 0.05) is 17.6 Å². The molecule has 1 aliphatic rings. The van der Waals surface area contributed by atoms with E-state index in [-0.39, 0.29) is 24.0 Å². The van der Waals surface area contributed by atoms with Crippen molar-refractivity contribution in [3.8, 4) is 0 Å². The molecular weight excluding hydrogens is 405 g/mol. The second-order valence-corrected chi connectivity index (χ2v) is 5.17. The molecular formula is C13H19BrIN3. The van der Waals surface area contributed by atoms with E-state index in [0.29, 0.717) is 12.5 Å². The van der Waals surface area contributed by atoms with E-state index in [1.54, 1.807) is 0 Å². The Morgan fingerprint density at radius 1 is 1.22 bits per heavy atom. The lowest BCUT2D eigenvalue weighted by molar-refractivity contribution is 0.338. The van der Waals surface area contributed by atoms with Crippen LogP contribution in [-0.2, 0) is 6.54 Å². The first-order chi connectivity index (χ1) is 8.27. The van der Waals surface area contributed by atoms with Gasteiger partial charge in [-0.2, -0.15) is 0 Å². The highest BCUT2D eigenvalue weighted by atomic mass is 127. The molecule has 0 aliphatic carbocycles. The highest BCUT2D eigenvalue weighted by molar-refractivity contribution is 14.0. The zero-order valence-corrected chi connectivity index (χ0v) is 14.2. The Bertz CT molecular complexity index is 403. The molecule has 2 rings (SSSR count). The van der Waals surface area contributed by atoms with Gasteiger partial charge < -0.3 is 10.6 Å². The molecule has 0 saturated carbocycles. The molecule has 0 bridgehead atoms. The lowest BCUT2D eigenvalue weighted by Gasteiger charge is -2.27. The maximum atomic E-state index is 6.01. The summed E-state index contributed by atoms with van der Waals surface area (Å²) in [6.45, 7) is 2.74. The van der Waals surface area contributed by atoms with Crippen molar-refractivity contribution in [1.82, 2.24) is 4.90 Å². The third-order valence-corrected chi connectivity index (χ3v) is 3.82. The minimum Gasteiger partial charge on any atom is -0.370 e. The number of rotatable bonds is 2. The molecule has 0 radical (unpaired) electrons. The zero-order valence-electron chi connectivity index (χ0n) is 10.3. The summed E-state index contributed by atoms with van der Waals surface area (Å²) in [5, 5.41) is 0. The third-order valence-electron chi connectivity index (χ3n) is 3.05. The Labute approximate surface area is 134 Å². The molecule has 1 aromatic carbocycles. The lowest BCUT2D eigenvalue weighted by Crippen LogP contribution is -2.40. The summed E-state index contributed by atoms with van der Waals surface area (Å²) in [6.07, 6.45) is 3.77. The topological polar surface area (TPSA) is 41.6 Å². The third kappa shape index (κ3) is 4.42. The number of nitrogens with zero attached hydrogens (tertiary/aromatic N) is 2. The van der Waals surface area contributed by atoms with E-state index in [9.17, 15) is 0 Å². The van der Waals surface area contributed by atoms with E-state index >= 15 is 0 Å². The van der Waals surface area contributed by atoms with Crippen molar-refractivity contribution < 1.29 is 0 Å². The van der Waals surface area contributed by atoms with Gasteiger partial charge in [-0.25, -0.2) is 4.99 Å². The molecule has 2 N–H and O–H groups in total. The van der Waals surface area contributed by atoms with Gasteiger partial charge in [0.05, 0.1) is 6.54 Å². The summed E-state index contributed by atoms with van der Waals surface area (Å²) in [7, 11) is 0. The van der Waals surface area contributed by atoms with Crippen LogP contribution in [0.2, 0.25) is 0 Å². The standard InChI is InChI=1S/C13H18BrN3.HI/c14-12-7-3-2-6-11(12)10-16-13(15)17-8-4-1-5-9-17;/h2-3,6-7H,1,4-5,8-10H2,(H2,15,16);1H. The van der Waals surface area contributed by atoms with Crippen LogP contribution >= 0.6 is 39.9 Å². The molecule has 3 nitrogen and oxygen atoms in total. The van der Waals surface area contributed by atoms with Crippen molar-refractivity contribution in [3.63, 3.8) is 0 Å². The first-order valence-electron chi connectivity index (χ1n) is 6.05. The number of piperidine rings is 1. The van der Waals surface area contributed by atoms with E-state index in [4.69, 9.17) is 5.73 Å². The average molecular weight is 424 g/mol. The predicted molar refractivity (Wildman–Crippen MR) is 90.3 cm³/mol. The molecule has 100 valence electrons. The molecule has 0 spiro atoms. The van der Waals surface area contributed by atoms with Crippen LogP contribution in [0.5, 0.6) is 0 Å². The molecule has 18 heavy (non-hydrogen) atoms. The fourth-order valence-corrected chi connectivity index (χ4v) is 2.43. The minimum atomic E-state index is 0. The number of likely N-dealkylation sites (tertiary alicyclic amines) is 1. The number of hydrogen-bond acceptors (Lipinski definition) is 1. The van der Waals surface area contributed by atoms with Gasteiger partial charge in [0.25, 0.3) is 0 Å². The van der Waals surface area contributed by atoms with Crippen LogP contribution in [0.3, 0.4) is 0 Å². The first kappa shape index (κ1) is 15.8. The van der Waals surface area contributed by atoms with Crippen molar-refractivity contribution in [2.45, 2.75) is 25.8 Å². The van der Waals surface area contributed by atoms with Crippen LogP contribution in [-0.4, -0.2) is 23.9 Å². The van der Waals surface area contributed by atoms with Crippen molar-refractivity contribution in [1.29, 1.82) is 0 Å². The quantitative estimate of drug-likeness (QED) is 0.450. The molecule has 0 unspecified atom stereocenters. The second-order valence-electron chi connectivity index (χ2n) is 4.31. The van der Waals surface area contributed by atoms with Crippen LogP contribution < -0.4 is 5.73 Å². The van der Waals surface area contributed by atoms with Crippen LogP contribution in [0.1, 0.15) is 24.8 Å². The van der Waals surface area contributed by atoms with Gasteiger partial charge in [0.15, 0.2) is 5.96 Å². The van der Waals surface area contributed by atoms with E-state index in [1.165, 1.54) is 24.8 Å². The second kappa shape index (κ2) is 7.99. The number of guanidine groups is 1. The molecule has 1 aliphatic heterocycles. The number of hydrogen-bond donors (Lipinski definition) is 1. The Morgan fingerprint density at radius 2 is 1.89 bits per heavy atom. The highest BCUT2D eigenvalue weighted by Gasteiger charge is 2.11. The smallest absolute Gasteiger partial charge is 0.191 e. The SMILES string of the molecule is I.NC(=NCc1ccccc1Br)N1CCCCC1. The number of nitrogens with two attached hydrogens (primary N) is 1. The van der Waals surface area contributed by atoms with Crippen LogP contribution in [0.15, 0.2) is 33.7 Å². The van der Waals surface area contributed by atoms with Crippen LogP contribution in [0, 0.1) is 0 Å². The predicted octanol–water partition coefficient (Wildman–Crippen LogP) is 3.37. The van der Waals surface area contributed by atoms with Gasteiger partial charge >= 0.3 is 0 Å².